The Kier molecular flexibility index (Phi) is 6.50. The molecule has 1 saturated carbocycles. The second-order valence-electron chi connectivity index (χ2n) is 6.87. The fourth-order valence-corrected chi connectivity index (χ4v) is 4.29. The minimum atomic E-state index is -0.561. The highest BCUT2D eigenvalue weighted by molar-refractivity contribution is 8.02. The number of halogens is 1. The van der Waals surface area contributed by atoms with Gasteiger partial charge in [-0.2, -0.15) is 0 Å². The first-order chi connectivity index (χ1) is 13.0. The second-order valence-corrected chi connectivity index (χ2v) is 7.89. The van der Waals surface area contributed by atoms with Crippen LogP contribution in [0.1, 0.15) is 37.8 Å². The summed E-state index contributed by atoms with van der Waals surface area (Å²) >= 11 is 1.48. The molecule has 1 aliphatic carbocycles. The zero-order chi connectivity index (χ0) is 19.4. The van der Waals surface area contributed by atoms with Crippen molar-refractivity contribution in [3.63, 3.8) is 0 Å². The molecule has 1 aromatic rings. The zero-order valence-corrected chi connectivity index (χ0v) is 16.3. The van der Waals surface area contributed by atoms with Crippen LogP contribution in [-0.2, 0) is 14.3 Å². The van der Waals surface area contributed by atoms with Gasteiger partial charge >= 0.3 is 5.97 Å². The smallest absolute Gasteiger partial charge is 0.303 e. The van der Waals surface area contributed by atoms with Gasteiger partial charge in [-0.05, 0) is 35.8 Å². The van der Waals surface area contributed by atoms with Gasteiger partial charge in [0.05, 0.1) is 6.04 Å². The highest BCUT2D eigenvalue weighted by Crippen LogP contribution is 2.40. The first kappa shape index (κ1) is 19.8. The maximum atomic E-state index is 14.5. The molecule has 1 unspecified atom stereocenters. The molecule has 0 amide bonds. The number of Topliss-reactive ketones (excluding diaryl/α,β-unsaturated/α-hetero) is 1. The fourth-order valence-electron chi connectivity index (χ4n) is 3.36. The summed E-state index contributed by atoms with van der Waals surface area (Å²) in [5.74, 6) is -0.226. The average molecular weight is 389 g/mol. The van der Waals surface area contributed by atoms with Gasteiger partial charge in [0.1, 0.15) is 11.8 Å². The van der Waals surface area contributed by atoms with Crippen LogP contribution in [-0.4, -0.2) is 35.7 Å². The number of ketones is 1. The molecule has 3 rings (SSSR count). The summed E-state index contributed by atoms with van der Waals surface area (Å²) in [5.41, 5.74) is 1.46. The molecule has 6 heteroatoms. The molecule has 2 aliphatic rings. The maximum Gasteiger partial charge on any atom is 0.303 e. The molecular formula is C21H24FNO3S. The predicted molar refractivity (Wildman–Crippen MR) is 105 cm³/mol. The van der Waals surface area contributed by atoms with E-state index in [4.69, 9.17) is 4.74 Å². The Bertz CT molecular complexity index is 772. The molecule has 0 N–H and O–H groups in total. The van der Waals surface area contributed by atoms with E-state index in [1.54, 1.807) is 24.3 Å². The standard InChI is InChI=1S/C21H24FNO3S/c1-3-15-12-23(11-10-19(15)27-13-26-14(2)24)20(21(25)16-8-9-16)17-6-4-5-7-18(17)22/h3-7,16,20H,1,8-13H2,2H3. The third-order valence-electron chi connectivity index (χ3n) is 4.91. The lowest BCUT2D eigenvalue weighted by Crippen LogP contribution is -2.39. The van der Waals surface area contributed by atoms with Crippen molar-refractivity contribution in [3.05, 3.63) is 58.8 Å². The first-order valence-corrected chi connectivity index (χ1v) is 10.1. The van der Waals surface area contributed by atoms with E-state index in [1.165, 1.54) is 24.8 Å². The average Bonchev–Trinajstić information content (AvgIpc) is 3.49. The minimum Gasteiger partial charge on any atom is -0.454 e. The number of carbonyl (C=O) groups is 2. The predicted octanol–water partition coefficient (Wildman–Crippen LogP) is 4.25. The summed E-state index contributed by atoms with van der Waals surface area (Å²) in [7, 11) is 0. The third-order valence-corrected chi connectivity index (χ3v) is 5.96. The van der Waals surface area contributed by atoms with Gasteiger partial charge in [-0.15, -0.1) is 0 Å². The molecule has 0 spiro atoms. The van der Waals surface area contributed by atoms with Crippen LogP contribution in [0.2, 0.25) is 0 Å². The van der Waals surface area contributed by atoms with E-state index < -0.39 is 6.04 Å². The zero-order valence-electron chi connectivity index (χ0n) is 15.4. The van der Waals surface area contributed by atoms with E-state index >= 15 is 0 Å². The van der Waals surface area contributed by atoms with Crippen LogP contribution in [0.4, 0.5) is 4.39 Å². The molecule has 0 bridgehead atoms. The molecule has 1 atom stereocenters. The van der Waals surface area contributed by atoms with Gasteiger partial charge in [0, 0.05) is 31.5 Å². The fraction of sp³-hybridized carbons (Fsp3) is 0.429. The summed E-state index contributed by atoms with van der Waals surface area (Å²) in [4.78, 5) is 27.1. The van der Waals surface area contributed by atoms with Crippen molar-refractivity contribution in [3.8, 4) is 0 Å². The number of carbonyl (C=O) groups excluding carboxylic acids is 2. The van der Waals surface area contributed by atoms with Crippen molar-refractivity contribution in [1.29, 1.82) is 0 Å². The molecular weight excluding hydrogens is 365 g/mol. The van der Waals surface area contributed by atoms with Crippen molar-refractivity contribution < 1.29 is 18.7 Å². The van der Waals surface area contributed by atoms with Crippen LogP contribution < -0.4 is 0 Å². The van der Waals surface area contributed by atoms with Gasteiger partial charge in [0.25, 0.3) is 0 Å². The number of esters is 1. The SMILES string of the molecule is C=CC1=C(SCOC(C)=O)CCN(C(C(=O)C2CC2)c2ccccc2F)C1. The number of benzene rings is 1. The van der Waals surface area contributed by atoms with Crippen molar-refractivity contribution >= 4 is 23.5 Å². The minimum absolute atomic E-state index is 0.0468. The van der Waals surface area contributed by atoms with Crippen LogP contribution in [0.5, 0.6) is 0 Å². The summed E-state index contributed by atoms with van der Waals surface area (Å²) < 4.78 is 19.5. The van der Waals surface area contributed by atoms with E-state index in [0.29, 0.717) is 18.7 Å². The Balaban J connectivity index is 1.81. The summed E-state index contributed by atoms with van der Waals surface area (Å²) in [6.07, 6.45) is 4.29. The second kappa shape index (κ2) is 8.85. The molecule has 1 aromatic carbocycles. The lowest BCUT2D eigenvalue weighted by atomic mass is 9.95. The largest absolute Gasteiger partial charge is 0.454 e. The molecule has 27 heavy (non-hydrogen) atoms. The first-order valence-electron chi connectivity index (χ1n) is 9.14. The molecule has 1 aliphatic heterocycles. The Morgan fingerprint density at radius 3 is 2.78 bits per heavy atom. The highest BCUT2D eigenvalue weighted by atomic mass is 32.2. The van der Waals surface area contributed by atoms with Crippen LogP contribution in [0, 0.1) is 11.7 Å². The maximum absolute atomic E-state index is 14.5. The monoisotopic (exact) mass is 389 g/mol. The highest BCUT2D eigenvalue weighted by Gasteiger charge is 2.40. The quantitative estimate of drug-likeness (QED) is 0.491. The van der Waals surface area contributed by atoms with E-state index in [0.717, 1.165) is 29.7 Å². The number of rotatable bonds is 8. The van der Waals surface area contributed by atoms with E-state index in [1.807, 2.05) is 4.90 Å². The van der Waals surface area contributed by atoms with Gasteiger partial charge in [0.15, 0.2) is 5.78 Å². The Hall–Kier alpha value is -1.92. The normalized spacial score (nSPS) is 18.9. The van der Waals surface area contributed by atoms with Crippen molar-refractivity contribution in [2.45, 2.75) is 32.2 Å². The summed E-state index contributed by atoms with van der Waals surface area (Å²) in [6, 6.07) is 5.99. The van der Waals surface area contributed by atoms with Gasteiger partial charge in [-0.3, -0.25) is 14.5 Å². The third kappa shape index (κ3) is 4.87. The number of thioether (sulfide) groups is 1. The Morgan fingerprint density at radius 1 is 1.41 bits per heavy atom. The number of nitrogens with zero attached hydrogens (tertiary/aromatic N) is 1. The molecule has 4 nitrogen and oxygen atoms in total. The molecule has 0 radical (unpaired) electrons. The molecule has 1 heterocycles. The number of ether oxygens (including phenoxy) is 1. The lowest BCUT2D eigenvalue weighted by Gasteiger charge is -2.35. The molecule has 144 valence electrons. The molecule has 0 saturated heterocycles. The number of hydrogen-bond donors (Lipinski definition) is 0. The molecule has 1 fully saturated rings. The van der Waals surface area contributed by atoms with E-state index in [9.17, 15) is 14.0 Å². The van der Waals surface area contributed by atoms with Crippen LogP contribution in [0.25, 0.3) is 0 Å². The summed E-state index contributed by atoms with van der Waals surface area (Å²) in [5, 5.41) is 0. The van der Waals surface area contributed by atoms with Crippen LogP contribution >= 0.6 is 11.8 Å². The van der Waals surface area contributed by atoms with E-state index in [2.05, 4.69) is 6.58 Å². The van der Waals surface area contributed by atoms with Gasteiger partial charge in [-0.1, -0.05) is 42.6 Å². The van der Waals surface area contributed by atoms with Gasteiger partial charge in [-0.25, -0.2) is 4.39 Å². The number of hydrogen-bond acceptors (Lipinski definition) is 5. The van der Waals surface area contributed by atoms with Crippen molar-refractivity contribution in [2.24, 2.45) is 5.92 Å². The van der Waals surface area contributed by atoms with Gasteiger partial charge in [0.2, 0.25) is 0 Å². The Labute approximate surface area is 163 Å². The van der Waals surface area contributed by atoms with Crippen LogP contribution in [0.3, 0.4) is 0 Å². The van der Waals surface area contributed by atoms with Crippen LogP contribution in [0.15, 0.2) is 47.4 Å². The van der Waals surface area contributed by atoms with Crippen molar-refractivity contribution in [2.75, 3.05) is 19.0 Å². The summed E-state index contributed by atoms with van der Waals surface area (Å²) in [6.45, 7) is 6.45. The molecule has 0 aromatic heterocycles. The Morgan fingerprint density at radius 2 is 2.15 bits per heavy atom. The van der Waals surface area contributed by atoms with Crippen molar-refractivity contribution in [1.82, 2.24) is 4.90 Å². The van der Waals surface area contributed by atoms with Gasteiger partial charge < -0.3 is 4.74 Å². The lowest BCUT2D eigenvalue weighted by molar-refractivity contribution is -0.138. The van der Waals surface area contributed by atoms with E-state index in [-0.39, 0.29) is 29.4 Å². The topological polar surface area (TPSA) is 46.6 Å².